The lowest BCUT2D eigenvalue weighted by atomic mass is 9.85. The fraction of sp³-hybridized carbons (Fsp3) is 0.449. The number of carbonyl (C=O) groups excluding carboxylic acids is 4. The fourth-order valence-electron chi connectivity index (χ4n) is 7.65. The second kappa shape index (κ2) is 22.5. The summed E-state index contributed by atoms with van der Waals surface area (Å²) in [5.74, 6) is -0.0415. The molecule has 0 radical (unpaired) electrons. The molecule has 17 nitrogen and oxygen atoms in total. The van der Waals surface area contributed by atoms with E-state index in [2.05, 4.69) is 58.3 Å². The number of nitrogens with one attached hydrogen (secondary N) is 6. The number of pyridine rings is 1. The topological polar surface area (TPSA) is 214 Å². The number of alkyl carbamates (subject to hydrolysis) is 1. The highest BCUT2D eigenvalue weighted by Crippen LogP contribution is 2.32. The maximum atomic E-state index is 14.5. The molecule has 18 heteroatoms. The predicted octanol–water partition coefficient (Wildman–Crippen LogP) is 7.73. The molecular weight excluding hydrogens is 876 g/mol. The molecule has 6 rings (SSSR count). The summed E-state index contributed by atoms with van der Waals surface area (Å²) in [6, 6.07) is 18.5. The number of nitrogens with zero attached hydrogens (tertiary/aromatic N) is 4. The number of fused-ring (bicyclic) bond motifs is 1. The summed E-state index contributed by atoms with van der Waals surface area (Å²) in [4.78, 5) is 72.5. The Morgan fingerprint density at radius 3 is 2.28 bits per heavy atom. The molecule has 1 fully saturated rings. The number of carbonyl (C=O) groups is 4. The van der Waals surface area contributed by atoms with Gasteiger partial charge in [-0.1, -0.05) is 54.9 Å². The van der Waals surface area contributed by atoms with Crippen molar-refractivity contribution in [3.05, 3.63) is 101 Å². The van der Waals surface area contributed by atoms with Crippen molar-refractivity contribution in [2.45, 2.75) is 96.9 Å². The molecule has 1 atom stereocenters. The molecule has 6 N–H and O–H groups in total. The molecule has 1 aliphatic rings. The summed E-state index contributed by atoms with van der Waals surface area (Å²) >= 11 is 6.26. The van der Waals surface area contributed by atoms with E-state index in [1.807, 2.05) is 48.7 Å². The summed E-state index contributed by atoms with van der Waals surface area (Å²) in [5.41, 5.74) is 1.86. The Labute approximate surface area is 396 Å². The van der Waals surface area contributed by atoms with E-state index in [0.29, 0.717) is 57.1 Å². The minimum atomic E-state index is -1.26. The number of benzene rings is 2. The lowest BCUT2D eigenvalue weighted by molar-refractivity contribution is -0.129. The number of piperidine rings is 1. The van der Waals surface area contributed by atoms with Gasteiger partial charge >= 0.3 is 12.2 Å². The van der Waals surface area contributed by atoms with Gasteiger partial charge in [0.25, 0.3) is 5.91 Å². The first-order valence-electron chi connectivity index (χ1n) is 22.7. The van der Waals surface area contributed by atoms with Gasteiger partial charge in [-0.05, 0) is 115 Å². The zero-order valence-corrected chi connectivity index (χ0v) is 40.1. The zero-order valence-electron chi connectivity index (χ0n) is 39.4. The molecule has 5 aromatic rings. The second-order valence-corrected chi connectivity index (χ2v) is 18.9. The minimum absolute atomic E-state index is 0.0443. The van der Waals surface area contributed by atoms with Crippen LogP contribution in [0.1, 0.15) is 95.4 Å². The van der Waals surface area contributed by atoms with E-state index in [-0.39, 0.29) is 30.4 Å². The fourth-order valence-corrected chi connectivity index (χ4v) is 7.78. The first kappa shape index (κ1) is 50.1. The van der Waals surface area contributed by atoms with Crippen LogP contribution in [0.4, 0.5) is 21.1 Å². The molecule has 0 spiro atoms. The van der Waals surface area contributed by atoms with E-state index >= 15 is 0 Å². The van der Waals surface area contributed by atoms with Crippen LogP contribution in [0.2, 0.25) is 5.02 Å². The number of ether oxygens (including phenoxy) is 3. The molecule has 4 amide bonds. The molecular formula is C49H63ClN10O7. The van der Waals surface area contributed by atoms with Crippen molar-refractivity contribution in [2.75, 3.05) is 56.2 Å². The van der Waals surface area contributed by atoms with Crippen molar-refractivity contribution in [1.82, 2.24) is 41.2 Å². The van der Waals surface area contributed by atoms with Crippen LogP contribution in [-0.2, 0) is 25.4 Å². The summed E-state index contributed by atoms with van der Waals surface area (Å²) in [5, 5.41) is 16.6. The van der Waals surface area contributed by atoms with Gasteiger partial charge in [0.05, 0.1) is 30.3 Å². The summed E-state index contributed by atoms with van der Waals surface area (Å²) in [6.07, 6.45) is 5.54. The van der Waals surface area contributed by atoms with Crippen molar-refractivity contribution in [3.63, 3.8) is 0 Å². The maximum absolute atomic E-state index is 14.5. The van der Waals surface area contributed by atoms with Gasteiger partial charge in [0.1, 0.15) is 34.5 Å². The van der Waals surface area contributed by atoms with Crippen LogP contribution in [-0.4, -0.2) is 107 Å². The summed E-state index contributed by atoms with van der Waals surface area (Å²) in [7, 11) is 0. The van der Waals surface area contributed by atoms with Crippen molar-refractivity contribution in [1.29, 1.82) is 0 Å². The van der Waals surface area contributed by atoms with Gasteiger partial charge in [0, 0.05) is 49.2 Å². The number of aromatic nitrogens is 4. The first-order valence-corrected chi connectivity index (χ1v) is 23.1. The van der Waals surface area contributed by atoms with Crippen LogP contribution in [0.3, 0.4) is 0 Å². The van der Waals surface area contributed by atoms with Gasteiger partial charge in [0.15, 0.2) is 5.69 Å². The first-order chi connectivity index (χ1) is 31.9. The van der Waals surface area contributed by atoms with Crippen LogP contribution in [0.15, 0.2) is 79.4 Å². The monoisotopic (exact) mass is 938 g/mol. The molecule has 0 bridgehead atoms. The normalized spacial score (nSPS) is 14.2. The van der Waals surface area contributed by atoms with Crippen molar-refractivity contribution >= 4 is 58.1 Å². The smallest absolute Gasteiger partial charge is 0.412 e. The van der Waals surface area contributed by atoms with Gasteiger partial charge in [-0.25, -0.2) is 24.5 Å². The Morgan fingerprint density at radius 2 is 1.57 bits per heavy atom. The Bertz CT molecular complexity index is 2480. The van der Waals surface area contributed by atoms with Crippen molar-refractivity contribution in [3.8, 4) is 11.1 Å². The van der Waals surface area contributed by atoms with Crippen LogP contribution in [0.25, 0.3) is 22.2 Å². The van der Waals surface area contributed by atoms with E-state index in [1.54, 1.807) is 65.9 Å². The van der Waals surface area contributed by atoms with Crippen LogP contribution >= 0.6 is 11.6 Å². The van der Waals surface area contributed by atoms with E-state index in [1.165, 1.54) is 6.33 Å². The largest absolute Gasteiger partial charge is 0.444 e. The lowest BCUT2D eigenvalue weighted by Gasteiger charge is -2.42. The quantitative estimate of drug-likeness (QED) is 0.0466. The maximum Gasteiger partial charge on any atom is 0.412 e. The third-order valence-electron chi connectivity index (χ3n) is 11.0. The molecule has 358 valence electrons. The summed E-state index contributed by atoms with van der Waals surface area (Å²) < 4.78 is 16.9. The van der Waals surface area contributed by atoms with E-state index in [0.717, 1.165) is 45.5 Å². The van der Waals surface area contributed by atoms with Crippen LogP contribution < -0.4 is 31.5 Å². The third-order valence-corrected chi connectivity index (χ3v) is 11.2. The third kappa shape index (κ3) is 14.3. The Morgan fingerprint density at radius 1 is 0.851 bits per heavy atom. The van der Waals surface area contributed by atoms with Crippen LogP contribution in [0.5, 0.6) is 0 Å². The number of aromatic amines is 1. The number of amides is 4. The number of H-pyrrole nitrogens is 1. The Kier molecular flexibility index (Phi) is 16.8. The highest BCUT2D eigenvalue weighted by Gasteiger charge is 2.45. The van der Waals surface area contributed by atoms with Gasteiger partial charge in [-0.3, -0.25) is 14.9 Å². The molecule has 0 aliphatic carbocycles. The van der Waals surface area contributed by atoms with Gasteiger partial charge in [0.2, 0.25) is 5.91 Å². The van der Waals surface area contributed by atoms with E-state index in [4.69, 9.17) is 25.8 Å². The molecule has 1 saturated heterocycles. The average Bonchev–Trinajstić information content (AvgIpc) is 3.77. The van der Waals surface area contributed by atoms with Gasteiger partial charge < -0.3 is 45.4 Å². The van der Waals surface area contributed by atoms with E-state index in [9.17, 15) is 19.2 Å². The van der Waals surface area contributed by atoms with E-state index < -0.39 is 40.9 Å². The molecule has 67 heavy (non-hydrogen) atoms. The van der Waals surface area contributed by atoms with Gasteiger partial charge in [-0.2, -0.15) is 0 Å². The number of hydrogen-bond acceptors (Lipinski definition) is 12. The Hall–Kier alpha value is -6.30. The van der Waals surface area contributed by atoms with Crippen molar-refractivity contribution in [2.24, 2.45) is 0 Å². The number of halogens is 1. The summed E-state index contributed by atoms with van der Waals surface area (Å²) in [6.45, 7) is 15.4. The average molecular weight is 940 g/mol. The predicted molar refractivity (Wildman–Crippen MR) is 259 cm³/mol. The molecule has 0 unspecified atom stereocenters. The molecule has 0 saturated carbocycles. The SMILES string of the molecule is CCc1cccc(-c2cnc(C(=O)NCCOCCNCC[C@H](NC(=O)C3(NC(=O)OC(C)(C)C)CCN(c4ncnc5[nH]ccc45)CC3)c3ccc(Cl)cc3)c(NC(=O)OC(C)(C)C)c2)c1. The molecule has 3 aromatic heterocycles. The Balaban J connectivity index is 1.02. The molecule has 2 aromatic carbocycles. The van der Waals surface area contributed by atoms with Crippen LogP contribution in [0, 0.1) is 0 Å². The van der Waals surface area contributed by atoms with Crippen molar-refractivity contribution < 1.29 is 33.4 Å². The standard InChI is InChI=1S/C49H63ClN10O7/c1-8-32-10-9-11-34(28-32)35-29-39(58-45(63)66-47(2,3)4)40(54-30-35)43(61)53-23-27-65-26-22-51-20-17-38(33-12-14-36(50)15-13-33)57-44(62)49(59-46(64)67-48(5,6)7)18-24-60(25-19-49)42-37-16-21-52-41(37)55-31-56-42/h9-16,21,28-31,38,51H,8,17-20,22-27H2,1-7H3,(H,53,61)(H,57,62)(H,58,63)(H,59,64)(H,52,55,56)/t38-/m0/s1. The number of rotatable bonds is 18. The number of anilines is 2. The lowest BCUT2D eigenvalue weighted by Crippen LogP contribution is -2.64. The molecule has 4 heterocycles. The zero-order chi connectivity index (χ0) is 48.2. The second-order valence-electron chi connectivity index (χ2n) is 18.4. The minimum Gasteiger partial charge on any atom is -0.444 e. The van der Waals surface area contributed by atoms with Gasteiger partial charge in [-0.15, -0.1) is 0 Å². The highest BCUT2D eigenvalue weighted by atomic mass is 35.5. The number of aryl methyl sites for hydroxylation is 1. The highest BCUT2D eigenvalue weighted by molar-refractivity contribution is 6.30. The molecule has 1 aliphatic heterocycles. The number of hydrogen-bond donors (Lipinski definition) is 6.